The number of ketones is 1. The number of methoxy groups -OCH3 is 1. The molecule has 27 heavy (non-hydrogen) atoms. The van der Waals surface area contributed by atoms with Gasteiger partial charge in [0, 0.05) is 11.1 Å². The van der Waals surface area contributed by atoms with Gasteiger partial charge in [-0.1, -0.05) is 0 Å². The van der Waals surface area contributed by atoms with Crippen LogP contribution in [0.15, 0.2) is 77.7 Å². The standard InChI is InChI=1S/C20H15FO5S/c1-25-17-10-12-19(13-11-17)27(23,24)26-18-8-4-15(5-9-18)20(22)14-2-6-16(21)7-3-14/h2-13H,1H3. The fourth-order valence-electron chi connectivity index (χ4n) is 2.35. The average Bonchev–Trinajstić information content (AvgIpc) is 2.68. The van der Waals surface area contributed by atoms with Crippen LogP contribution in [0.25, 0.3) is 0 Å². The molecule has 0 bridgehead atoms. The number of carbonyl (C=O) groups excluding carboxylic acids is 1. The number of carbonyl (C=O) groups is 1. The maximum absolute atomic E-state index is 13.0. The summed E-state index contributed by atoms with van der Waals surface area (Å²) in [6, 6.07) is 16.6. The van der Waals surface area contributed by atoms with Crippen molar-refractivity contribution in [3.8, 4) is 11.5 Å². The van der Waals surface area contributed by atoms with E-state index in [0.29, 0.717) is 16.9 Å². The average molecular weight is 386 g/mol. The highest BCUT2D eigenvalue weighted by atomic mass is 32.2. The largest absolute Gasteiger partial charge is 0.497 e. The minimum atomic E-state index is -4.01. The molecular weight excluding hydrogens is 371 g/mol. The Labute approximate surface area is 156 Å². The summed E-state index contributed by atoms with van der Waals surface area (Å²) in [6.07, 6.45) is 0. The lowest BCUT2D eigenvalue weighted by atomic mass is 10.0. The molecule has 0 saturated carbocycles. The Kier molecular flexibility index (Phi) is 5.23. The summed E-state index contributed by atoms with van der Waals surface area (Å²) in [6.45, 7) is 0. The Bertz CT molecular complexity index is 1040. The molecule has 0 spiro atoms. The van der Waals surface area contributed by atoms with Gasteiger partial charge in [-0.05, 0) is 72.8 Å². The van der Waals surface area contributed by atoms with Gasteiger partial charge in [-0.3, -0.25) is 4.79 Å². The van der Waals surface area contributed by atoms with Gasteiger partial charge in [0.2, 0.25) is 0 Å². The Morgan fingerprint density at radius 2 is 1.26 bits per heavy atom. The van der Waals surface area contributed by atoms with Gasteiger partial charge in [-0.2, -0.15) is 8.42 Å². The van der Waals surface area contributed by atoms with Crippen LogP contribution in [0.4, 0.5) is 4.39 Å². The van der Waals surface area contributed by atoms with Crippen LogP contribution in [-0.2, 0) is 10.1 Å². The van der Waals surface area contributed by atoms with Crippen LogP contribution < -0.4 is 8.92 Å². The van der Waals surface area contributed by atoms with Crippen molar-refractivity contribution in [1.82, 2.24) is 0 Å². The molecule has 0 amide bonds. The van der Waals surface area contributed by atoms with E-state index < -0.39 is 15.9 Å². The third-order valence-electron chi connectivity index (χ3n) is 3.78. The van der Waals surface area contributed by atoms with Crippen molar-refractivity contribution < 1.29 is 26.5 Å². The summed E-state index contributed by atoms with van der Waals surface area (Å²) in [5.74, 6) is -0.141. The number of hydrogen-bond donors (Lipinski definition) is 0. The molecule has 0 saturated heterocycles. The fourth-order valence-corrected chi connectivity index (χ4v) is 3.28. The molecule has 0 aliphatic rings. The van der Waals surface area contributed by atoms with E-state index in [1.54, 1.807) is 0 Å². The molecule has 5 nitrogen and oxygen atoms in total. The third-order valence-corrected chi connectivity index (χ3v) is 5.04. The smallest absolute Gasteiger partial charge is 0.339 e. The minimum absolute atomic E-state index is 0.0187. The maximum atomic E-state index is 13.0. The molecule has 0 radical (unpaired) electrons. The Balaban J connectivity index is 1.76. The van der Waals surface area contributed by atoms with Crippen molar-refractivity contribution in [2.24, 2.45) is 0 Å². The molecule has 7 heteroatoms. The molecule has 0 atom stereocenters. The van der Waals surface area contributed by atoms with Crippen molar-refractivity contribution in [1.29, 1.82) is 0 Å². The van der Waals surface area contributed by atoms with E-state index in [1.807, 2.05) is 0 Å². The number of rotatable bonds is 6. The van der Waals surface area contributed by atoms with Crippen LogP contribution in [-0.4, -0.2) is 21.3 Å². The van der Waals surface area contributed by atoms with E-state index in [-0.39, 0.29) is 16.4 Å². The van der Waals surface area contributed by atoms with Gasteiger partial charge < -0.3 is 8.92 Å². The minimum Gasteiger partial charge on any atom is -0.497 e. The molecule has 3 aromatic carbocycles. The first-order chi connectivity index (χ1) is 12.9. The van der Waals surface area contributed by atoms with Crippen LogP contribution >= 0.6 is 0 Å². The second-order valence-corrected chi connectivity index (χ2v) is 7.12. The van der Waals surface area contributed by atoms with Gasteiger partial charge in [-0.25, -0.2) is 4.39 Å². The summed E-state index contributed by atoms with van der Waals surface area (Å²) in [4.78, 5) is 12.3. The molecule has 0 fully saturated rings. The van der Waals surface area contributed by atoms with Crippen LogP contribution in [0, 0.1) is 5.82 Å². The first kappa shape index (κ1) is 18.6. The monoisotopic (exact) mass is 386 g/mol. The van der Waals surface area contributed by atoms with Crippen molar-refractivity contribution in [3.63, 3.8) is 0 Å². The first-order valence-corrected chi connectivity index (χ1v) is 9.29. The van der Waals surface area contributed by atoms with Gasteiger partial charge in [0.1, 0.15) is 22.2 Å². The van der Waals surface area contributed by atoms with Crippen LogP contribution in [0.1, 0.15) is 15.9 Å². The van der Waals surface area contributed by atoms with Gasteiger partial charge >= 0.3 is 10.1 Å². The second-order valence-electron chi connectivity index (χ2n) is 5.57. The fraction of sp³-hybridized carbons (Fsp3) is 0.0500. The number of ether oxygens (including phenoxy) is 1. The van der Waals surface area contributed by atoms with E-state index in [2.05, 4.69) is 0 Å². The summed E-state index contributed by atoms with van der Waals surface area (Å²) < 4.78 is 47.6. The van der Waals surface area contributed by atoms with Crippen molar-refractivity contribution in [3.05, 3.63) is 89.7 Å². The second kappa shape index (κ2) is 7.59. The molecule has 0 aromatic heterocycles. The quantitative estimate of drug-likeness (QED) is 0.476. The normalized spacial score (nSPS) is 11.0. The topological polar surface area (TPSA) is 69.7 Å². The van der Waals surface area contributed by atoms with Crippen LogP contribution in [0.5, 0.6) is 11.5 Å². The summed E-state index contributed by atoms with van der Waals surface area (Å²) in [5, 5.41) is 0. The number of benzene rings is 3. The van der Waals surface area contributed by atoms with Crippen molar-refractivity contribution in [2.75, 3.05) is 7.11 Å². The molecule has 0 aliphatic carbocycles. The Morgan fingerprint density at radius 3 is 1.78 bits per heavy atom. The molecular formula is C20H15FO5S. The molecule has 3 rings (SSSR count). The van der Waals surface area contributed by atoms with Gasteiger partial charge in [-0.15, -0.1) is 0 Å². The lowest BCUT2D eigenvalue weighted by Gasteiger charge is -2.08. The zero-order valence-corrected chi connectivity index (χ0v) is 15.1. The van der Waals surface area contributed by atoms with E-state index in [9.17, 15) is 17.6 Å². The molecule has 0 N–H and O–H groups in total. The van der Waals surface area contributed by atoms with E-state index in [4.69, 9.17) is 8.92 Å². The third kappa shape index (κ3) is 4.32. The maximum Gasteiger partial charge on any atom is 0.339 e. The summed E-state index contributed by atoms with van der Waals surface area (Å²) in [7, 11) is -2.53. The first-order valence-electron chi connectivity index (χ1n) is 7.88. The predicted octanol–water partition coefficient (Wildman–Crippen LogP) is 3.83. The highest BCUT2D eigenvalue weighted by molar-refractivity contribution is 7.87. The summed E-state index contributed by atoms with van der Waals surface area (Å²) >= 11 is 0. The van der Waals surface area contributed by atoms with Gasteiger partial charge in [0.15, 0.2) is 5.78 Å². The summed E-state index contributed by atoms with van der Waals surface area (Å²) in [5.41, 5.74) is 0.659. The zero-order chi connectivity index (χ0) is 19.4. The predicted molar refractivity (Wildman–Crippen MR) is 97.1 cm³/mol. The molecule has 0 aliphatic heterocycles. The zero-order valence-electron chi connectivity index (χ0n) is 14.3. The Hall–Kier alpha value is -3.19. The molecule has 3 aromatic rings. The highest BCUT2D eigenvalue weighted by Gasteiger charge is 2.17. The lowest BCUT2D eigenvalue weighted by Crippen LogP contribution is -2.10. The Morgan fingerprint density at radius 1 is 0.778 bits per heavy atom. The van der Waals surface area contributed by atoms with E-state index in [1.165, 1.54) is 79.9 Å². The van der Waals surface area contributed by atoms with Gasteiger partial charge in [0.05, 0.1) is 7.11 Å². The number of hydrogen-bond acceptors (Lipinski definition) is 5. The number of halogens is 1. The lowest BCUT2D eigenvalue weighted by molar-refractivity contribution is 0.103. The van der Waals surface area contributed by atoms with Crippen LogP contribution in [0.3, 0.4) is 0 Å². The highest BCUT2D eigenvalue weighted by Crippen LogP contribution is 2.22. The van der Waals surface area contributed by atoms with E-state index in [0.717, 1.165) is 0 Å². The van der Waals surface area contributed by atoms with Gasteiger partial charge in [0.25, 0.3) is 0 Å². The van der Waals surface area contributed by atoms with Crippen molar-refractivity contribution >= 4 is 15.9 Å². The SMILES string of the molecule is COc1ccc(S(=O)(=O)Oc2ccc(C(=O)c3ccc(F)cc3)cc2)cc1. The van der Waals surface area contributed by atoms with Crippen molar-refractivity contribution in [2.45, 2.75) is 4.90 Å². The molecule has 0 heterocycles. The van der Waals surface area contributed by atoms with Crippen LogP contribution in [0.2, 0.25) is 0 Å². The molecule has 138 valence electrons. The van der Waals surface area contributed by atoms with E-state index >= 15 is 0 Å². The molecule has 0 unspecified atom stereocenters.